The number of benzene rings is 1. The van der Waals surface area contributed by atoms with Gasteiger partial charge in [-0.2, -0.15) is 11.8 Å². The minimum absolute atomic E-state index is 0.259. The molecule has 0 aliphatic heterocycles. The molecule has 0 atom stereocenters. The molecule has 0 bridgehead atoms. The number of hydrogen-bond acceptors (Lipinski definition) is 3. The summed E-state index contributed by atoms with van der Waals surface area (Å²) < 4.78 is 0. The van der Waals surface area contributed by atoms with Gasteiger partial charge in [0.2, 0.25) is 5.91 Å². The van der Waals surface area contributed by atoms with E-state index in [1.807, 2.05) is 35.4 Å². The number of carbonyl (C=O) groups excluding carboxylic acids is 1. The summed E-state index contributed by atoms with van der Waals surface area (Å²) in [7, 11) is 0. The van der Waals surface area contributed by atoms with Crippen LogP contribution in [0.2, 0.25) is 0 Å². The Kier molecular flexibility index (Phi) is 4.53. The van der Waals surface area contributed by atoms with E-state index in [4.69, 9.17) is 5.73 Å². The zero-order valence-corrected chi connectivity index (χ0v) is 11.6. The third-order valence-electron chi connectivity index (χ3n) is 3.22. The van der Waals surface area contributed by atoms with Gasteiger partial charge in [0, 0.05) is 30.4 Å². The summed E-state index contributed by atoms with van der Waals surface area (Å²) in [4.78, 5) is 14.2. The molecule has 0 saturated heterocycles. The maximum atomic E-state index is 12.2. The standard InChI is InChI=1S/C14H20N2OS/c1-18-9-8-14(17)16(12-6-7-12)10-11-4-2-3-5-13(11)15/h2-5,12H,6-10,15H2,1H3. The average molecular weight is 264 g/mol. The van der Waals surface area contributed by atoms with Crippen molar-refractivity contribution in [3.05, 3.63) is 29.8 Å². The Hall–Kier alpha value is -1.16. The number of carbonyl (C=O) groups is 1. The second kappa shape index (κ2) is 6.14. The van der Waals surface area contributed by atoms with Crippen molar-refractivity contribution in [2.24, 2.45) is 0 Å². The van der Waals surface area contributed by atoms with E-state index in [0.717, 1.165) is 29.8 Å². The zero-order valence-electron chi connectivity index (χ0n) is 10.8. The van der Waals surface area contributed by atoms with Crippen molar-refractivity contribution in [3.8, 4) is 0 Å². The highest BCUT2D eigenvalue weighted by molar-refractivity contribution is 7.98. The van der Waals surface area contributed by atoms with Crippen molar-refractivity contribution >= 4 is 23.4 Å². The van der Waals surface area contributed by atoms with Crippen LogP contribution >= 0.6 is 11.8 Å². The van der Waals surface area contributed by atoms with Crippen LogP contribution in [0.3, 0.4) is 0 Å². The normalized spacial score (nSPS) is 14.5. The molecular weight excluding hydrogens is 244 g/mol. The van der Waals surface area contributed by atoms with Gasteiger partial charge >= 0.3 is 0 Å². The van der Waals surface area contributed by atoms with E-state index >= 15 is 0 Å². The summed E-state index contributed by atoms with van der Waals surface area (Å²) >= 11 is 1.72. The number of nitrogens with zero attached hydrogens (tertiary/aromatic N) is 1. The molecule has 3 nitrogen and oxygen atoms in total. The minimum Gasteiger partial charge on any atom is -0.398 e. The van der Waals surface area contributed by atoms with Crippen LogP contribution in [0.1, 0.15) is 24.8 Å². The zero-order chi connectivity index (χ0) is 13.0. The molecule has 0 spiro atoms. The Bertz CT molecular complexity index is 418. The fourth-order valence-corrected chi connectivity index (χ4v) is 2.38. The molecule has 1 saturated carbocycles. The Balaban J connectivity index is 2.02. The molecule has 1 aliphatic carbocycles. The van der Waals surface area contributed by atoms with Crippen LogP contribution in [0.4, 0.5) is 5.69 Å². The molecule has 1 aromatic carbocycles. The topological polar surface area (TPSA) is 46.3 Å². The second-order valence-electron chi connectivity index (χ2n) is 4.69. The van der Waals surface area contributed by atoms with Crippen LogP contribution in [-0.4, -0.2) is 28.9 Å². The lowest BCUT2D eigenvalue weighted by atomic mass is 10.1. The molecule has 1 aromatic rings. The van der Waals surface area contributed by atoms with Gasteiger partial charge in [0.25, 0.3) is 0 Å². The van der Waals surface area contributed by atoms with Crippen molar-refractivity contribution in [3.63, 3.8) is 0 Å². The molecule has 0 radical (unpaired) electrons. The van der Waals surface area contributed by atoms with E-state index in [1.54, 1.807) is 11.8 Å². The lowest BCUT2D eigenvalue weighted by Gasteiger charge is -2.23. The maximum Gasteiger partial charge on any atom is 0.223 e. The number of hydrogen-bond donors (Lipinski definition) is 1. The molecule has 0 unspecified atom stereocenters. The molecule has 1 fully saturated rings. The number of amides is 1. The summed E-state index contributed by atoms with van der Waals surface area (Å²) in [6, 6.07) is 8.25. The predicted molar refractivity (Wildman–Crippen MR) is 77.4 cm³/mol. The first-order valence-electron chi connectivity index (χ1n) is 6.34. The lowest BCUT2D eigenvalue weighted by molar-refractivity contribution is -0.131. The summed E-state index contributed by atoms with van der Waals surface area (Å²) in [6.45, 7) is 0.657. The predicted octanol–water partition coefficient (Wildman–Crippen LogP) is 2.51. The van der Waals surface area contributed by atoms with Crippen molar-refractivity contribution in [1.29, 1.82) is 0 Å². The summed E-state index contributed by atoms with van der Waals surface area (Å²) in [5, 5.41) is 0. The van der Waals surface area contributed by atoms with Crippen molar-refractivity contribution in [1.82, 2.24) is 4.90 Å². The van der Waals surface area contributed by atoms with Gasteiger partial charge < -0.3 is 10.6 Å². The van der Waals surface area contributed by atoms with Crippen LogP contribution < -0.4 is 5.73 Å². The molecular formula is C14H20N2OS. The quantitative estimate of drug-likeness (QED) is 0.803. The molecule has 0 heterocycles. The van der Waals surface area contributed by atoms with E-state index in [0.29, 0.717) is 19.0 Å². The first-order chi connectivity index (χ1) is 8.72. The van der Waals surface area contributed by atoms with Crippen LogP contribution in [0.5, 0.6) is 0 Å². The average Bonchev–Trinajstić information content (AvgIpc) is 3.19. The molecule has 2 rings (SSSR count). The van der Waals surface area contributed by atoms with E-state index < -0.39 is 0 Å². The van der Waals surface area contributed by atoms with Gasteiger partial charge in [-0.15, -0.1) is 0 Å². The fraction of sp³-hybridized carbons (Fsp3) is 0.500. The van der Waals surface area contributed by atoms with Crippen LogP contribution in [0, 0.1) is 0 Å². The molecule has 18 heavy (non-hydrogen) atoms. The van der Waals surface area contributed by atoms with Crippen LogP contribution in [0.25, 0.3) is 0 Å². The molecule has 1 amide bonds. The number of para-hydroxylation sites is 1. The van der Waals surface area contributed by atoms with Gasteiger partial charge in [-0.25, -0.2) is 0 Å². The Labute approximate surface area is 113 Å². The summed E-state index contributed by atoms with van der Waals surface area (Å²) in [5.41, 5.74) is 7.78. The van der Waals surface area contributed by atoms with Crippen molar-refractivity contribution in [2.75, 3.05) is 17.7 Å². The van der Waals surface area contributed by atoms with E-state index in [2.05, 4.69) is 0 Å². The summed E-state index contributed by atoms with van der Waals surface area (Å²) in [6.07, 6.45) is 4.93. The first-order valence-corrected chi connectivity index (χ1v) is 7.73. The molecule has 98 valence electrons. The number of nitrogen functional groups attached to an aromatic ring is 1. The second-order valence-corrected chi connectivity index (χ2v) is 5.68. The fourth-order valence-electron chi connectivity index (χ4n) is 2.00. The Morgan fingerprint density at radius 1 is 1.44 bits per heavy atom. The third-order valence-corrected chi connectivity index (χ3v) is 3.84. The van der Waals surface area contributed by atoms with E-state index in [-0.39, 0.29) is 5.91 Å². The monoisotopic (exact) mass is 264 g/mol. The largest absolute Gasteiger partial charge is 0.398 e. The highest BCUT2D eigenvalue weighted by atomic mass is 32.2. The van der Waals surface area contributed by atoms with Gasteiger partial charge in [-0.3, -0.25) is 4.79 Å². The molecule has 4 heteroatoms. The van der Waals surface area contributed by atoms with Crippen LogP contribution in [0.15, 0.2) is 24.3 Å². The van der Waals surface area contributed by atoms with Crippen LogP contribution in [-0.2, 0) is 11.3 Å². The maximum absolute atomic E-state index is 12.2. The van der Waals surface area contributed by atoms with Gasteiger partial charge in [0.15, 0.2) is 0 Å². The number of anilines is 1. The number of rotatable bonds is 6. The van der Waals surface area contributed by atoms with Gasteiger partial charge in [0.05, 0.1) is 0 Å². The van der Waals surface area contributed by atoms with Gasteiger partial charge in [-0.05, 0) is 30.7 Å². The number of nitrogens with two attached hydrogens (primary N) is 1. The minimum atomic E-state index is 0.259. The van der Waals surface area contributed by atoms with Gasteiger partial charge in [-0.1, -0.05) is 18.2 Å². The Morgan fingerprint density at radius 3 is 2.78 bits per heavy atom. The first kappa shape index (κ1) is 13.3. The Morgan fingerprint density at radius 2 is 2.17 bits per heavy atom. The van der Waals surface area contributed by atoms with Crippen molar-refractivity contribution in [2.45, 2.75) is 31.8 Å². The van der Waals surface area contributed by atoms with E-state index in [1.165, 1.54) is 0 Å². The lowest BCUT2D eigenvalue weighted by Crippen LogP contribution is -2.33. The smallest absolute Gasteiger partial charge is 0.223 e. The SMILES string of the molecule is CSCCC(=O)N(Cc1ccccc1N)C1CC1. The molecule has 2 N–H and O–H groups in total. The third kappa shape index (κ3) is 3.42. The van der Waals surface area contributed by atoms with Crippen molar-refractivity contribution < 1.29 is 4.79 Å². The molecule has 1 aliphatic rings. The highest BCUT2D eigenvalue weighted by Crippen LogP contribution is 2.30. The molecule has 0 aromatic heterocycles. The summed E-state index contributed by atoms with van der Waals surface area (Å²) in [5.74, 6) is 1.15. The van der Waals surface area contributed by atoms with Gasteiger partial charge in [0.1, 0.15) is 0 Å². The number of thioether (sulfide) groups is 1. The highest BCUT2D eigenvalue weighted by Gasteiger charge is 2.32. The van der Waals surface area contributed by atoms with E-state index in [9.17, 15) is 4.79 Å².